The predicted octanol–water partition coefficient (Wildman–Crippen LogP) is 4.04. The molecule has 0 radical (unpaired) electrons. The first-order valence-electron chi connectivity index (χ1n) is 11.1. The van der Waals surface area contributed by atoms with Gasteiger partial charge in [-0.1, -0.05) is 0 Å². The maximum Gasteiger partial charge on any atom is 0.410 e. The molecule has 1 aliphatic heterocycles. The molecule has 1 fully saturated rings. The summed E-state index contributed by atoms with van der Waals surface area (Å²) in [4.78, 5) is 43.8. The lowest BCUT2D eigenvalue weighted by Crippen LogP contribution is -2.51. The zero-order valence-corrected chi connectivity index (χ0v) is 22.6. The van der Waals surface area contributed by atoms with Gasteiger partial charge in [0.05, 0.1) is 23.9 Å². The molecule has 34 heavy (non-hydrogen) atoms. The third-order valence-electron chi connectivity index (χ3n) is 5.58. The molecule has 3 heterocycles. The van der Waals surface area contributed by atoms with Crippen molar-refractivity contribution in [3.8, 4) is 0 Å². The van der Waals surface area contributed by atoms with Crippen LogP contribution in [0.3, 0.4) is 0 Å². The summed E-state index contributed by atoms with van der Waals surface area (Å²) in [6, 6.07) is -0.429. The van der Waals surface area contributed by atoms with Crippen molar-refractivity contribution < 1.29 is 19.1 Å². The minimum absolute atomic E-state index is 0.0500. The SMILES string of the molecule is Cc1nn(C2C[C@@H](C)N(C(=O)OC(C)(C)C)[C@@H](C)C2)c(NC(=O)Cc2csc(Br)n2)c1C(N)=O. The highest BCUT2D eigenvalue weighted by Crippen LogP contribution is 2.35. The number of nitrogens with one attached hydrogen (secondary N) is 1. The second-order valence-corrected chi connectivity index (χ2v) is 11.8. The molecule has 2 aromatic heterocycles. The molecular weight excluding hydrogens is 524 g/mol. The van der Waals surface area contributed by atoms with Gasteiger partial charge in [-0.15, -0.1) is 11.3 Å². The lowest BCUT2D eigenvalue weighted by atomic mass is 9.93. The highest BCUT2D eigenvalue weighted by molar-refractivity contribution is 9.11. The van der Waals surface area contributed by atoms with E-state index >= 15 is 0 Å². The van der Waals surface area contributed by atoms with Crippen molar-refractivity contribution >= 4 is 51.0 Å². The zero-order valence-electron chi connectivity index (χ0n) is 20.2. The third kappa shape index (κ3) is 5.96. The van der Waals surface area contributed by atoms with Crippen LogP contribution < -0.4 is 11.1 Å². The molecule has 1 saturated heterocycles. The number of amides is 3. The fourth-order valence-electron chi connectivity index (χ4n) is 4.35. The molecule has 3 atom stereocenters. The number of halogens is 1. The van der Waals surface area contributed by atoms with E-state index in [-0.39, 0.29) is 47.9 Å². The number of anilines is 1. The lowest BCUT2D eigenvalue weighted by Gasteiger charge is -2.43. The molecule has 0 saturated carbocycles. The molecule has 2 aromatic rings. The van der Waals surface area contributed by atoms with Gasteiger partial charge in [-0.3, -0.25) is 9.59 Å². The molecule has 1 aliphatic rings. The van der Waals surface area contributed by atoms with E-state index in [1.54, 1.807) is 21.9 Å². The highest BCUT2D eigenvalue weighted by atomic mass is 79.9. The number of aromatic nitrogens is 3. The molecule has 1 unspecified atom stereocenters. The molecule has 3 rings (SSSR count). The number of hydrogen-bond acceptors (Lipinski definition) is 7. The number of hydrogen-bond donors (Lipinski definition) is 2. The van der Waals surface area contributed by atoms with Crippen LogP contribution in [0.25, 0.3) is 0 Å². The number of rotatable bonds is 5. The molecule has 0 aromatic carbocycles. The molecule has 0 spiro atoms. The van der Waals surface area contributed by atoms with Gasteiger partial charge in [-0.2, -0.15) is 5.10 Å². The maximum atomic E-state index is 12.8. The first kappa shape index (κ1) is 26.1. The van der Waals surface area contributed by atoms with E-state index in [9.17, 15) is 14.4 Å². The Morgan fingerprint density at radius 3 is 2.38 bits per heavy atom. The summed E-state index contributed by atoms with van der Waals surface area (Å²) in [5.41, 5.74) is 6.28. The van der Waals surface area contributed by atoms with Crippen molar-refractivity contribution in [3.63, 3.8) is 0 Å². The van der Waals surface area contributed by atoms with Crippen LogP contribution in [-0.2, 0) is 16.0 Å². The molecule has 10 nitrogen and oxygen atoms in total. The molecule has 3 amide bonds. The summed E-state index contributed by atoms with van der Waals surface area (Å²) >= 11 is 4.68. The molecule has 186 valence electrons. The highest BCUT2D eigenvalue weighted by Gasteiger charge is 2.39. The summed E-state index contributed by atoms with van der Waals surface area (Å²) in [5.74, 6) is -0.712. The average molecular weight is 555 g/mol. The van der Waals surface area contributed by atoms with Gasteiger partial charge >= 0.3 is 6.09 Å². The van der Waals surface area contributed by atoms with Gasteiger partial charge in [-0.05, 0) is 70.3 Å². The first-order chi connectivity index (χ1) is 15.8. The molecule has 0 aliphatic carbocycles. The number of aryl methyl sites for hydroxylation is 1. The summed E-state index contributed by atoms with van der Waals surface area (Å²) in [6.07, 6.45) is 0.840. The number of carbonyl (C=O) groups is 3. The number of nitrogens with zero attached hydrogens (tertiary/aromatic N) is 4. The fourth-order valence-corrected chi connectivity index (χ4v) is 5.40. The quantitative estimate of drug-likeness (QED) is 0.573. The van der Waals surface area contributed by atoms with Gasteiger partial charge in [-0.25, -0.2) is 14.5 Å². The van der Waals surface area contributed by atoms with Crippen molar-refractivity contribution in [1.29, 1.82) is 0 Å². The Hall–Kier alpha value is -2.47. The van der Waals surface area contributed by atoms with Crippen molar-refractivity contribution in [2.75, 3.05) is 5.32 Å². The van der Waals surface area contributed by atoms with Gasteiger partial charge in [0, 0.05) is 17.5 Å². The number of thiazole rings is 1. The fraction of sp³-hybridized carbons (Fsp3) is 0.591. The number of ether oxygens (including phenoxy) is 1. The Morgan fingerprint density at radius 2 is 1.88 bits per heavy atom. The standard InChI is InChI=1S/C22H31BrN6O4S/c1-11-7-15(8-12(2)28(11)21(32)33-22(4,5)6)29-19(17(18(24)31)13(3)27-29)26-16(30)9-14-10-34-20(23)25-14/h10-12,15H,7-9H2,1-6H3,(H2,24,31)(H,26,30)/t11-,12+,15?. The Kier molecular flexibility index (Phi) is 7.71. The number of piperidine rings is 1. The smallest absolute Gasteiger partial charge is 0.410 e. The number of nitrogens with two attached hydrogens (primary N) is 1. The van der Waals surface area contributed by atoms with Crippen LogP contribution >= 0.6 is 27.3 Å². The lowest BCUT2D eigenvalue weighted by molar-refractivity contribution is -0.115. The Balaban J connectivity index is 1.85. The number of likely N-dealkylation sites (tertiary alicyclic amines) is 1. The van der Waals surface area contributed by atoms with Crippen LogP contribution in [0, 0.1) is 6.92 Å². The van der Waals surface area contributed by atoms with E-state index in [2.05, 4.69) is 31.3 Å². The zero-order chi connectivity index (χ0) is 25.4. The first-order valence-corrected chi connectivity index (χ1v) is 12.7. The van der Waals surface area contributed by atoms with Gasteiger partial charge in [0.1, 0.15) is 17.0 Å². The summed E-state index contributed by atoms with van der Waals surface area (Å²) < 4.78 is 7.95. The third-order valence-corrected chi connectivity index (χ3v) is 7.00. The van der Waals surface area contributed by atoms with Crippen molar-refractivity contribution in [2.45, 2.75) is 84.5 Å². The minimum Gasteiger partial charge on any atom is -0.444 e. The summed E-state index contributed by atoms with van der Waals surface area (Å²) in [7, 11) is 0. The number of primary amides is 1. The predicted molar refractivity (Wildman–Crippen MR) is 133 cm³/mol. The molecule has 12 heteroatoms. The van der Waals surface area contributed by atoms with Crippen LogP contribution in [0.4, 0.5) is 10.6 Å². The monoisotopic (exact) mass is 554 g/mol. The minimum atomic E-state index is -0.664. The summed E-state index contributed by atoms with van der Waals surface area (Å²) in [6.45, 7) is 11.1. The molecule has 0 bridgehead atoms. The van der Waals surface area contributed by atoms with Gasteiger partial charge in [0.25, 0.3) is 5.91 Å². The Bertz CT molecular complexity index is 1080. The normalized spacial score (nSPS) is 20.8. The van der Waals surface area contributed by atoms with Crippen LogP contribution in [0.15, 0.2) is 9.30 Å². The summed E-state index contributed by atoms with van der Waals surface area (Å²) in [5, 5.41) is 9.19. The van der Waals surface area contributed by atoms with E-state index in [0.717, 1.165) is 0 Å². The van der Waals surface area contributed by atoms with Gasteiger partial charge < -0.3 is 20.7 Å². The molecule has 3 N–H and O–H groups in total. The second-order valence-electron chi connectivity index (χ2n) is 9.65. The largest absolute Gasteiger partial charge is 0.444 e. The van der Waals surface area contributed by atoms with Crippen LogP contribution in [-0.4, -0.2) is 55.3 Å². The van der Waals surface area contributed by atoms with Crippen molar-refractivity contribution in [2.24, 2.45) is 5.73 Å². The second kappa shape index (κ2) is 10.0. The van der Waals surface area contributed by atoms with Gasteiger partial charge in [0.2, 0.25) is 5.91 Å². The van der Waals surface area contributed by atoms with E-state index in [1.165, 1.54) is 11.3 Å². The van der Waals surface area contributed by atoms with Crippen LogP contribution in [0.2, 0.25) is 0 Å². The van der Waals surface area contributed by atoms with Crippen LogP contribution in [0.5, 0.6) is 0 Å². The van der Waals surface area contributed by atoms with Crippen LogP contribution in [0.1, 0.15) is 75.2 Å². The Morgan fingerprint density at radius 1 is 1.26 bits per heavy atom. The van der Waals surface area contributed by atoms with Crippen molar-refractivity contribution in [1.82, 2.24) is 19.7 Å². The number of carbonyl (C=O) groups excluding carboxylic acids is 3. The van der Waals surface area contributed by atoms with E-state index < -0.39 is 11.5 Å². The van der Waals surface area contributed by atoms with E-state index in [4.69, 9.17) is 10.5 Å². The van der Waals surface area contributed by atoms with E-state index in [0.29, 0.717) is 28.1 Å². The topological polar surface area (TPSA) is 132 Å². The van der Waals surface area contributed by atoms with Crippen molar-refractivity contribution in [3.05, 3.63) is 26.2 Å². The van der Waals surface area contributed by atoms with E-state index in [1.807, 2.05) is 34.6 Å². The van der Waals surface area contributed by atoms with Gasteiger partial charge in [0.15, 0.2) is 3.92 Å². The Labute approximate surface area is 211 Å². The maximum absolute atomic E-state index is 12.8. The average Bonchev–Trinajstić information content (AvgIpc) is 3.22. The molecular formula is C22H31BrN6O4S.